The number of esters is 1. The van der Waals surface area contributed by atoms with Gasteiger partial charge in [-0.25, -0.2) is 0 Å². The second-order valence-electron chi connectivity index (χ2n) is 7.12. The van der Waals surface area contributed by atoms with Gasteiger partial charge in [0.2, 0.25) is 11.7 Å². The van der Waals surface area contributed by atoms with Crippen molar-refractivity contribution in [1.82, 2.24) is 10.6 Å². The predicted octanol–water partition coefficient (Wildman–Crippen LogP) is 4.12. The number of rotatable bonds is 9. The van der Waals surface area contributed by atoms with Crippen LogP contribution >= 0.6 is 27.5 Å². The van der Waals surface area contributed by atoms with E-state index in [2.05, 4.69) is 26.6 Å². The van der Waals surface area contributed by atoms with Gasteiger partial charge in [-0.2, -0.15) is 0 Å². The fourth-order valence-corrected chi connectivity index (χ4v) is 3.32. The number of hydrogen-bond donors (Lipinski definition) is 2. The van der Waals surface area contributed by atoms with Crippen LogP contribution < -0.4 is 10.6 Å². The minimum Gasteiger partial charge on any atom is -0.448 e. The summed E-state index contributed by atoms with van der Waals surface area (Å²) in [4.78, 5) is 49.6. The van der Waals surface area contributed by atoms with Crippen LogP contribution in [0.15, 0.2) is 83.3 Å². The maximum atomic E-state index is 13.0. The number of carbonyl (C=O) groups is 4. The predicted molar refractivity (Wildman–Crippen MR) is 131 cm³/mol. The number of nitrogens with one attached hydrogen (secondary N) is 2. The van der Waals surface area contributed by atoms with Gasteiger partial charge in [-0.3, -0.25) is 19.2 Å². The topological polar surface area (TPSA) is 102 Å². The molecule has 0 aliphatic heterocycles. The van der Waals surface area contributed by atoms with Crippen LogP contribution in [-0.4, -0.2) is 36.7 Å². The number of hydrogen-bond acceptors (Lipinski definition) is 5. The molecule has 0 radical (unpaired) electrons. The summed E-state index contributed by atoms with van der Waals surface area (Å²) in [5.74, 6) is -2.23. The summed E-state index contributed by atoms with van der Waals surface area (Å²) in [7, 11) is 0. The van der Waals surface area contributed by atoms with E-state index in [0.717, 1.165) is 4.47 Å². The van der Waals surface area contributed by atoms with Crippen LogP contribution in [0.3, 0.4) is 0 Å². The Hall–Kier alpha value is -3.49. The first-order chi connectivity index (χ1) is 16.3. The van der Waals surface area contributed by atoms with E-state index < -0.39 is 36.2 Å². The maximum Gasteiger partial charge on any atom is 0.326 e. The normalized spacial score (nSPS) is 11.2. The fourth-order valence-electron chi connectivity index (χ4n) is 2.93. The van der Waals surface area contributed by atoms with E-state index in [-0.39, 0.29) is 6.54 Å². The number of ketones is 1. The standard InChI is InChI=1S/C25H20BrClN2O5/c26-19-10-6-18(7-11-19)25(33)29-14-21(30)28-15-22(31)34-24(17-8-12-20(27)13-9-17)23(32)16-4-2-1-3-5-16/h1-13,24H,14-15H2,(H,28,30)(H,29,33)/t24-/m1/s1. The molecule has 3 aromatic carbocycles. The average molecular weight is 544 g/mol. The van der Waals surface area contributed by atoms with Crippen molar-refractivity contribution in [2.24, 2.45) is 0 Å². The molecule has 0 saturated carbocycles. The summed E-state index contributed by atoms with van der Waals surface area (Å²) >= 11 is 9.21. The number of benzene rings is 3. The number of amides is 2. The van der Waals surface area contributed by atoms with Crippen molar-refractivity contribution in [3.8, 4) is 0 Å². The molecule has 0 aliphatic carbocycles. The molecule has 0 heterocycles. The van der Waals surface area contributed by atoms with Gasteiger partial charge in [0, 0.05) is 26.2 Å². The third-order valence-electron chi connectivity index (χ3n) is 4.66. The van der Waals surface area contributed by atoms with Gasteiger partial charge < -0.3 is 15.4 Å². The second kappa shape index (κ2) is 12.1. The SMILES string of the molecule is O=C(CNC(=O)c1ccc(Br)cc1)NCC(=O)O[C@@H](C(=O)c1ccccc1)c1ccc(Cl)cc1. The summed E-state index contributed by atoms with van der Waals surface area (Å²) in [6.45, 7) is -0.801. The lowest BCUT2D eigenvalue weighted by Gasteiger charge is -2.18. The van der Waals surface area contributed by atoms with Crippen LogP contribution in [0.25, 0.3) is 0 Å². The zero-order valence-electron chi connectivity index (χ0n) is 17.8. The molecule has 0 unspecified atom stereocenters. The summed E-state index contributed by atoms with van der Waals surface area (Å²) in [5.41, 5.74) is 1.20. The summed E-state index contributed by atoms with van der Waals surface area (Å²) in [5, 5.41) is 5.31. The molecular formula is C25H20BrClN2O5. The molecule has 2 amide bonds. The summed E-state index contributed by atoms with van der Waals surface area (Å²) in [6.07, 6.45) is -1.21. The monoisotopic (exact) mass is 542 g/mol. The fraction of sp³-hybridized carbons (Fsp3) is 0.120. The van der Waals surface area contributed by atoms with E-state index in [9.17, 15) is 19.2 Å². The molecule has 0 fully saturated rings. The highest BCUT2D eigenvalue weighted by atomic mass is 79.9. The van der Waals surface area contributed by atoms with Crippen molar-refractivity contribution in [2.45, 2.75) is 6.10 Å². The molecule has 0 bridgehead atoms. The molecular weight excluding hydrogens is 524 g/mol. The van der Waals surface area contributed by atoms with E-state index in [0.29, 0.717) is 21.7 Å². The van der Waals surface area contributed by atoms with Gasteiger partial charge in [-0.15, -0.1) is 0 Å². The van der Waals surface area contributed by atoms with Crippen LogP contribution in [-0.2, 0) is 14.3 Å². The molecule has 2 N–H and O–H groups in total. The van der Waals surface area contributed by atoms with Crippen molar-refractivity contribution in [2.75, 3.05) is 13.1 Å². The largest absolute Gasteiger partial charge is 0.448 e. The van der Waals surface area contributed by atoms with Crippen LogP contribution in [0, 0.1) is 0 Å². The highest BCUT2D eigenvalue weighted by Gasteiger charge is 2.26. The molecule has 3 aromatic rings. The van der Waals surface area contributed by atoms with E-state index in [1.54, 1.807) is 78.9 Å². The molecule has 1 atom stereocenters. The lowest BCUT2D eigenvalue weighted by atomic mass is 10.00. The third-order valence-corrected chi connectivity index (χ3v) is 5.44. The summed E-state index contributed by atoms with van der Waals surface area (Å²) in [6, 6.07) is 21.4. The number of carbonyl (C=O) groups excluding carboxylic acids is 4. The minimum atomic E-state index is -1.21. The van der Waals surface area contributed by atoms with Crippen LogP contribution in [0.2, 0.25) is 5.02 Å². The Bertz CT molecular complexity index is 1170. The molecule has 34 heavy (non-hydrogen) atoms. The lowest BCUT2D eigenvalue weighted by molar-refractivity contribution is -0.147. The van der Waals surface area contributed by atoms with Crippen LogP contribution in [0.5, 0.6) is 0 Å². The van der Waals surface area contributed by atoms with Gasteiger partial charge in [0.15, 0.2) is 6.10 Å². The average Bonchev–Trinajstić information content (AvgIpc) is 2.85. The third kappa shape index (κ3) is 7.26. The first-order valence-corrected chi connectivity index (χ1v) is 11.4. The Morgan fingerprint density at radius 1 is 0.794 bits per heavy atom. The molecule has 0 aromatic heterocycles. The van der Waals surface area contributed by atoms with E-state index in [1.807, 2.05) is 0 Å². The Labute approximate surface area is 209 Å². The van der Waals surface area contributed by atoms with Crippen molar-refractivity contribution in [3.05, 3.63) is 105 Å². The molecule has 0 saturated heterocycles. The molecule has 0 spiro atoms. The van der Waals surface area contributed by atoms with Crippen molar-refractivity contribution >= 4 is 51.1 Å². The van der Waals surface area contributed by atoms with Gasteiger partial charge in [0.05, 0.1) is 6.54 Å². The van der Waals surface area contributed by atoms with E-state index in [4.69, 9.17) is 16.3 Å². The van der Waals surface area contributed by atoms with Crippen molar-refractivity contribution in [3.63, 3.8) is 0 Å². The maximum absolute atomic E-state index is 13.0. The highest BCUT2D eigenvalue weighted by Crippen LogP contribution is 2.24. The number of halogens is 2. The number of Topliss-reactive ketones (excluding diaryl/α,β-unsaturated/α-hetero) is 1. The first-order valence-electron chi connectivity index (χ1n) is 10.2. The lowest BCUT2D eigenvalue weighted by Crippen LogP contribution is -2.39. The van der Waals surface area contributed by atoms with E-state index >= 15 is 0 Å². The highest BCUT2D eigenvalue weighted by molar-refractivity contribution is 9.10. The number of ether oxygens (including phenoxy) is 1. The Morgan fingerprint density at radius 2 is 1.44 bits per heavy atom. The van der Waals surface area contributed by atoms with Crippen molar-refractivity contribution < 1.29 is 23.9 Å². The van der Waals surface area contributed by atoms with Gasteiger partial charge in [-0.05, 0) is 36.4 Å². The van der Waals surface area contributed by atoms with Gasteiger partial charge in [-0.1, -0.05) is 70.0 Å². The van der Waals surface area contributed by atoms with Gasteiger partial charge in [0.1, 0.15) is 6.54 Å². The van der Waals surface area contributed by atoms with Crippen LogP contribution in [0.1, 0.15) is 32.4 Å². The molecule has 9 heteroatoms. The Balaban J connectivity index is 1.57. The molecule has 7 nitrogen and oxygen atoms in total. The quantitative estimate of drug-likeness (QED) is 0.312. The minimum absolute atomic E-state index is 0.328. The zero-order chi connectivity index (χ0) is 24.5. The molecule has 0 aliphatic rings. The van der Waals surface area contributed by atoms with Gasteiger partial charge >= 0.3 is 5.97 Å². The van der Waals surface area contributed by atoms with Crippen molar-refractivity contribution in [1.29, 1.82) is 0 Å². The summed E-state index contributed by atoms with van der Waals surface area (Å²) < 4.78 is 6.23. The van der Waals surface area contributed by atoms with Gasteiger partial charge in [0.25, 0.3) is 5.91 Å². The van der Waals surface area contributed by atoms with Crippen LogP contribution in [0.4, 0.5) is 0 Å². The zero-order valence-corrected chi connectivity index (χ0v) is 20.1. The first kappa shape index (κ1) is 25.1. The molecule has 3 rings (SSSR count). The second-order valence-corrected chi connectivity index (χ2v) is 8.47. The van der Waals surface area contributed by atoms with E-state index in [1.165, 1.54) is 0 Å². The Morgan fingerprint density at radius 3 is 2.09 bits per heavy atom. The smallest absolute Gasteiger partial charge is 0.326 e. The Kier molecular flexibility index (Phi) is 8.95. The molecule has 174 valence electrons.